The fraction of sp³-hybridized carbons (Fsp3) is 0.643. The standard InChI is InChI=1S/C14H21FN2O2S/c1-14(2,3)20(18,19)13-7-6-12(9-16-13)17-8-4-5-11(15)10-17/h6-7,9,11H,4-5,8,10H2,1-3H3. The number of halogens is 1. The average Bonchev–Trinajstić information content (AvgIpc) is 2.37. The molecule has 20 heavy (non-hydrogen) atoms. The molecular formula is C14H21FN2O2S. The third-order valence-corrected chi connectivity index (χ3v) is 5.94. The van der Waals surface area contributed by atoms with Crippen LogP contribution >= 0.6 is 0 Å². The van der Waals surface area contributed by atoms with Gasteiger partial charge < -0.3 is 4.90 Å². The van der Waals surface area contributed by atoms with Crippen LogP contribution in [0.2, 0.25) is 0 Å². The maximum atomic E-state index is 13.4. The van der Waals surface area contributed by atoms with E-state index in [1.807, 2.05) is 4.90 Å². The van der Waals surface area contributed by atoms with Gasteiger partial charge in [0.25, 0.3) is 0 Å². The van der Waals surface area contributed by atoms with Gasteiger partial charge in [-0.25, -0.2) is 17.8 Å². The van der Waals surface area contributed by atoms with Crippen LogP contribution in [0.3, 0.4) is 0 Å². The summed E-state index contributed by atoms with van der Waals surface area (Å²) >= 11 is 0. The summed E-state index contributed by atoms with van der Waals surface area (Å²) in [6.07, 6.45) is 2.11. The SMILES string of the molecule is CC(C)(C)S(=O)(=O)c1ccc(N2CCCC(F)C2)cn1. The quantitative estimate of drug-likeness (QED) is 0.842. The van der Waals surface area contributed by atoms with Crippen molar-refractivity contribution in [3.8, 4) is 0 Å². The molecule has 0 spiro atoms. The topological polar surface area (TPSA) is 50.3 Å². The van der Waals surface area contributed by atoms with Crippen LogP contribution in [0.4, 0.5) is 10.1 Å². The van der Waals surface area contributed by atoms with E-state index in [-0.39, 0.29) is 5.03 Å². The van der Waals surface area contributed by atoms with E-state index in [9.17, 15) is 12.8 Å². The van der Waals surface area contributed by atoms with Crippen molar-refractivity contribution in [3.05, 3.63) is 18.3 Å². The lowest BCUT2D eigenvalue weighted by molar-refractivity contribution is 0.286. The van der Waals surface area contributed by atoms with Crippen LogP contribution in [-0.2, 0) is 9.84 Å². The largest absolute Gasteiger partial charge is 0.367 e. The van der Waals surface area contributed by atoms with Gasteiger partial charge in [-0.1, -0.05) is 0 Å². The van der Waals surface area contributed by atoms with Crippen molar-refractivity contribution in [1.29, 1.82) is 0 Å². The molecule has 1 aliphatic heterocycles. The Morgan fingerprint density at radius 2 is 2.05 bits per heavy atom. The van der Waals surface area contributed by atoms with Gasteiger partial charge in [-0.05, 0) is 45.7 Å². The molecule has 0 amide bonds. The molecular weight excluding hydrogens is 279 g/mol. The monoisotopic (exact) mass is 300 g/mol. The lowest BCUT2D eigenvalue weighted by atomic mass is 10.1. The Labute approximate surface area is 119 Å². The van der Waals surface area contributed by atoms with Gasteiger partial charge >= 0.3 is 0 Å². The highest BCUT2D eigenvalue weighted by molar-refractivity contribution is 7.92. The van der Waals surface area contributed by atoms with Crippen molar-refractivity contribution in [3.63, 3.8) is 0 Å². The molecule has 1 atom stereocenters. The molecule has 1 unspecified atom stereocenters. The summed E-state index contributed by atoms with van der Waals surface area (Å²) in [5.41, 5.74) is 0.778. The Morgan fingerprint density at radius 3 is 2.55 bits per heavy atom. The highest BCUT2D eigenvalue weighted by Crippen LogP contribution is 2.26. The number of hydrogen-bond donors (Lipinski definition) is 0. The predicted octanol–water partition coefficient (Wildman–Crippen LogP) is 2.59. The number of alkyl halides is 1. The van der Waals surface area contributed by atoms with E-state index in [0.29, 0.717) is 13.0 Å². The van der Waals surface area contributed by atoms with Gasteiger partial charge in [-0.2, -0.15) is 0 Å². The Hall–Kier alpha value is -1.17. The number of nitrogens with zero attached hydrogens (tertiary/aromatic N) is 2. The number of aromatic nitrogens is 1. The summed E-state index contributed by atoms with van der Waals surface area (Å²) < 4.78 is 37.0. The molecule has 4 nitrogen and oxygen atoms in total. The summed E-state index contributed by atoms with van der Waals surface area (Å²) in [7, 11) is -3.44. The summed E-state index contributed by atoms with van der Waals surface area (Å²) in [5.74, 6) is 0. The smallest absolute Gasteiger partial charge is 0.200 e. The number of hydrogen-bond acceptors (Lipinski definition) is 4. The highest BCUT2D eigenvalue weighted by atomic mass is 32.2. The first-order valence-electron chi connectivity index (χ1n) is 6.81. The Balaban J connectivity index is 2.23. The molecule has 1 aromatic rings. The minimum absolute atomic E-state index is 0.0718. The fourth-order valence-electron chi connectivity index (χ4n) is 2.19. The molecule has 0 saturated carbocycles. The molecule has 6 heteroatoms. The van der Waals surface area contributed by atoms with Crippen LogP contribution in [0.15, 0.2) is 23.4 Å². The number of piperidine rings is 1. The van der Waals surface area contributed by atoms with Crippen LogP contribution < -0.4 is 4.90 Å². The molecule has 112 valence electrons. The van der Waals surface area contributed by atoms with Crippen molar-refractivity contribution in [1.82, 2.24) is 4.98 Å². The summed E-state index contributed by atoms with van der Waals surface area (Å²) in [6, 6.07) is 3.22. The van der Waals surface area contributed by atoms with Crippen molar-refractivity contribution < 1.29 is 12.8 Å². The van der Waals surface area contributed by atoms with Crippen molar-refractivity contribution in [2.75, 3.05) is 18.0 Å². The lowest BCUT2D eigenvalue weighted by Gasteiger charge is -2.30. The van der Waals surface area contributed by atoms with E-state index in [0.717, 1.165) is 18.7 Å². The van der Waals surface area contributed by atoms with E-state index in [1.165, 1.54) is 12.3 Å². The Morgan fingerprint density at radius 1 is 1.35 bits per heavy atom. The molecule has 0 aliphatic carbocycles. The molecule has 1 aliphatic rings. The number of rotatable bonds is 2. The average molecular weight is 300 g/mol. The summed E-state index contributed by atoms with van der Waals surface area (Å²) in [6.45, 7) is 6.09. The summed E-state index contributed by atoms with van der Waals surface area (Å²) in [5, 5.41) is 0.0718. The van der Waals surface area contributed by atoms with Gasteiger partial charge in [0, 0.05) is 13.1 Å². The molecule has 0 radical (unpaired) electrons. The van der Waals surface area contributed by atoms with E-state index in [4.69, 9.17) is 0 Å². The maximum absolute atomic E-state index is 13.4. The highest BCUT2D eigenvalue weighted by Gasteiger charge is 2.32. The Bertz CT molecular complexity index is 564. The number of sulfone groups is 1. The zero-order valence-electron chi connectivity index (χ0n) is 12.1. The fourth-order valence-corrected chi connectivity index (χ4v) is 3.26. The number of anilines is 1. The van der Waals surface area contributed by atoms with Crippen LogP contribution in [0.5, 0.6) is 0 Å². The second-order valence-corrected chi connectivity index (χ2v) is 8.81. The van der Waals surface area contributed by atoms with Gasteiger partial charge in [0.05, 0.1) is 16.6 Å². The zero-order valence-corrected chi connectivity index (χ0v) is 13.0. The number of pyridine rings is 1. The van der Waals surface area contributed by atoms with Crippen LogP contribution in [0, 0.1) is 0 Å². The molecule has 0 bridgehead atoms. The van der Waals surface area contributed by atoms with Crippen LogP contribution in [-0.4, -0.2) is 37.4 Å². The first-order chi connectivity index (χ1) is 9.22. The van der Waals surface area contributed by atoms with Crippen LogP contribution in [0.25, 0.3) is 0 Å². The van der Waals surface area contributed by atoms with Gasteiger partial charge in [0.15, 0.2) is 14.9 Å². The molecule has 0 aromatic carbocycles. The third kappa shape index (κ3) is 2.95. The molecule has 2 rings (SSSR count). The predicted molar refractivity (Wildman–Crippen MR) is 77.5 cm³/mol. The first-order valence-corrected chi connectivity index (χ1v) is 8.30. The molecule has 0 N–H and O–H groups in total. The second-order valence-electron chi connectivity index (χ2n) is 6.16. The summed E-state index contributed by atoms with van der Waals surface area (Å²) in [4.78, 5) is 5.98. The zero-order chi connectivity index (χ0) is 15.0. The minimum atomic E-state index is -3.44. The van der Waals surface area contributed by atoms with Crippen LogP contribution in [0.1, 0.15) is 33.6 Å². The molecule has 1 saturated heterocycles. The van der Waals surface area contributed by atoms with E-state index < -0.39 is 20.8 Å². The van der Waals surface area contributed by atoms with Gasteiger partial charge in [-0.3, -0.25) is 0 Å². The van der Waals surface area contributed by atoms with E-state index >= 15 is 0 Å². The van der Waals surface area contributed by atoms with E-state index in [1.54, 1.807) is 26.8 Å². The van der Waals surface area contributed by atoms with Crippen molar-refractivity contribution >= 4 is 15.5 Å². The van der Waals surface area contributed by atoms with Gasteiger partial charge in [0.1, 0.15) is 6.17 Å². The molecule has 2 heterocycles. The van der Waals surface area contributed by atoms with E-state index in [2.05, 4.69) is 4.98 Å². The lowest BCUT2D eigenvalue weighted by Crippen LogP contribution is -2.36. The molecule has 1 fully saturated rings. The second kappa shape index (κ2) is 5.31. The third-order valence-electron chi connectivity index (χ3n) is 3.53. The first kappa shape index (κ1) is 15.2. The van der Waals surface area contributed by atoms with Gasteiger partial charge in [0.2, 0.25) is 0 Å². The van der Waals surface area contributed by atoms with Crippen molar-refractivity contribution in [2.45, 2.75) is 49.6 Å². The Kier molecular flexibility index (Phi) is 4.04. The van der Waals surface area contributed by atoms with Crippen molar-refractivity contribution in [2.24, 2.45) is 0 Å². The molecule has 1 aromatic heterocycles. The van der Waals surface area contributed by atoms with Gasteiger partial charge in [-0.15, -0.1) is 0 Å². The maximum Gasteiger partial charge on any atom is 0.200 e. The minimum Gasteiger partial charge on any atom is -0.367 e. The normalized spacial score (nSPS) is 21.0.